The van der Waals surface area contributed by atoms with Crippen molar-refractivity contribution in [2.75, 3.05) is 0 Å². The van der Waals surface area contributed by atoms with Crippen LogP contribution in [-0.4, -0.2) is 37.6 Å². The van der Waals surface area contributed by atoms with E-state index >= 15 is 0 Å². The SMILES string of the molecule is Cc1c(C(=O)N[C@H]2C[C@H](C(=O)O)C2)cc(-c2cc(C(C)(C)C)nc(C3(C)CC3)n2)n1CC1CCCCC1. The maximum Gasteiger partial charge on any atom is 0.306 e. The Morgan fingerprint density at radius 1 is 1.11 bits per heavy atom. The van der Waals surface area contributed by atoms with Crippen molar-refractivity contribution >= 4 is 11.9 Å². The Morgan fingerprint density at radius 2 is 1.78 bits per heavy atom. The van der Waals surface area contributed by atoms with Gasteiger partial charge < -0.3 is 15.0 Å². The van der Waals surface area contributed by atoms with E-state index in [1.165, 1.54) is 32.1 Å². The van der Waals surface area contributed by atoms with Crippen LogP contribution in [0.4, 0.5) is 0 Å². The highest BCUT2D eigenvalue weighted by Crippen LogP contribution is 2.47. The van der Waals surface area contributed by atoms with Gasteiger partial charge in [0.2, 0.25) is 0 Å². The molecule has 2 heterocycles. The molecule has 0 aromatic carbocycles. The first kappa shape index (κ1) is 25.9. The Bertz CT molecular complexity index is 1170. The van der Waals surface area contributed by atoms with E-state index in [0.29, 0.717) is 24.3 Å². The fourth-order valence-corrected chi connectivity index (χ4v) is 5.79. The summed E-state index contributed by atoms with van der Waals surface area (Å²) >= 11 is 0. The molecule has 3 fully saturated rings. The zero-order valence-electron chi connectivity index (χ0n) is 23.1. The predicted octanol–water partition coefficient (Wildman–Crippen LogP) is 5.78. The number of aliphatic carboxylic acids is 1. The van der Waals surface area contributed by atoms with Crippen LogP contribution in [0.1, 0.15) is 113 Å². The molecular formula is C30H42N4O3. The van der Waals surface area contributed by atoms with Gasteiger partial charge in [-0.2, -0.15) is 0 Å². The van der Waals surface area contributed by atoms with E-state index < -0.39 is 5.97 Å². The average molecular weight is 507 g/mol. The minimum atomic E-state index is -0.777. The van der Waals surface area contributed by atoms with Crippen molar-refractivity contribution in [2.24, 2.45) is 11.8 Å². The van der Waals surface area contributed by atoms with Gasteiger partial charge in [-0.3, -0.25) is 9.59 Å². The van der Waals surface area contributed by atoms with Crippen molar-refractivity contribution in [3.63, 3.8) is 0 Å². The molecule has 3 aliphatic rings. The second-order valence-corrected chi connectivity index (χ2v) is 13.1. The largest absolute Gasteiger partial charge is 0.481 e. The first-order valence-corrected chi connectivity index (χ1v) is 14.1. The minimum absolute atomic E-state index is 0.0386. The van der Waals surface area contributed by atoms with Gasteiger partial charge in [-0.05, 0) is 63.5 Å². The molecule has 1 amide bonds. The lowest BCUT2D eigenvalue weighted by molar-refractivity contribution is -0.145. The molecule has 0 saturated heterocycles. The fraction of sp³-hybridized carbons (Fsp3) is 0.667. The lowest BCUT2D eigenvalue weighted by Crippen LogP contribution is -2.46. The number of rotatable bonds is 7. The number of hydrogen-bond acceptors (Lipinski definition) is 4. The third-order valence-electron chi connectivity index (χ3n) is 8.90. The molecule has 200 valence electrons. The molecular weight excluding hydrogens is 464 g/mol. The Morgan fingerprint density at radius 3 is 2.38 bits per heavy atom. The predicted molar refractivity (Wildman–Crippen MR) is 144 cm³/mol. The summed E-state index contributed by atoms with van der Waals surface area (Å²) in [5, 5.41) is 12.3. The number of carboxylic acid groups (broad SMARTS) is 1. The van der Waals surface area contributed by atoms with Crippen molar-refractivity contribution in [1.82, 2.24) is 19.9 Å². The first-order chi connectivity index (χ1) is 17.4. The van der Waals surface area contributed by atoms with Gasteiger partial charge in [0.1, 0.15) is 5.82 Å². The molecule has 3 aliphatic carbocycles. The summed E-state index contributed by atoms with van der Waals surface area (Å²) in [4.78, 5) is 34.7. The molecule has 37 heavy (non-hydrogen) atoms. The summed E-state index contributed by atoms with van der Waals surface area (Å²) in [6, 6.07) is 4.05. The number of nitrogens with one attached hydrogen (secondary N) is 1. The van der Waals surface area contributed by atoms with Crippen LogP contribution in [0.5, 0.6) is 0 Å². The van der Waals surface area contributed by atoms with Crippen LogP contribution in [0, 0.1) is 18.8 Å². The van der Waals surface area contributed by atoms with Crippen molar-refractivity contribution < 1.29 is 14.7 Å². The topological polar surface area (TPSA) is 97.1 Å². The molecule has 0 unspecified atom stereocenters. The smallest absolute Gasteiger partial charge is 0.306 e. The highest BCUT2D eigenvalue weighted by Gasteiger charge is 2.43. The van der Waals surface area contributed by atoms with E-state index in [4.69, 9.17) is 9.97 Å². The van der Waals surface area contributed by atoms with Gasteiger partial charge in [0, 0.05) is 29.1 Å². The van der Waals surface area contributed by atoms with E-state index in [2.05, 4.69) is 43.6 Å². The van der Waals surface area contributed by atoms with Gasteiger partial charge >= 0.3 is 5.97 Å². The molecule has 2 aromatic heterocycles. The number of carbonyl (C=O) groups excluding carboxylic acids is 1. The summed E-state index contributed by atoms with van der Waals surface area (Å²) in [7, 11) is 0. The van der Waals surface area contributed by atoms with E-state index in [1.807, 2.05) is 13.0 Å². The third-order valence-corrected chi connectivity index (χ3v) is 8.90. The Labute approximate surface area is 220 Å². The van der Waals surface area contributed by atoms with Crippen molar-refractivity contribution in [1.29, 1.82) is 0 Å². The van der Waals surface area contributed by atoms with Crippen LogP contribution in [0.2, 0.25) is 0 Å². The lowest BCUT2D eigenvalue weighted by atomic mass is 9.80. The zero-order chi connectivity index (χ0) is 26.5. The number of carboxylic acids is 1. The maximum atomic E-state index is 13.4. The zero-order valence-corrected chi connectivity index (χ0v) is 23.1. The fourth-order valence-electron chi connectivity index (χ4n) is 5.79. The number of nitrogens with zero attached hydrogens (tertiary/aromatic N) is 3. The monoisotopic (exact) mass is 506 g/mol. The van der Waals surface area contributed by atoms with E-state index in [0.717, 1.165) is 48.0 Å². The van der Waals surface area contributed by atoms with Gasteiger partial charge in [-0.25, -0.2) is 9.97 Å². The molecule has 0 spiro atoms. The van der Waals surface area contributed by atoms with Crippen molar-refractivity contribution in [3.05, 3.63) is 34.9 Å². The molecule has 3 saturated carbocycles. The standard InChI is InChI=1S/C30H42N4O3/c1-18-22(26(35)31-21-13-20(14-21)27(36)37)15-24(34(18)17-19-9-7-6-8-10-19)23-16-25(29(2,3)4)33-28(32-23)30(5)11-12-30/h15-16,19-21H,6-14,17H2,1-5H3,(H,31,35)(H,36,37)/t20-,21-. The quantitative estimate of drug-likeness (QED) is 0.496. The molecule has 2 N–H and O–H groups in total. The molecule has 2 aromatic rings. The van der Waals surface area contributed by atoms with Crippen LogP contribution < -0.4 is 5.32 Å². The minimum Gasteiger partial charge on any atom is -0.481 e. The maximum absolute atomic E-state index is 13.4. The summed E-state index contributed by atoms with van der Waals surface area (Å²) in [5.74, 6) is 0.271. The van der Waals surface area contributed by atoms with Crippen LogP contribution in [0.25, 0.3) is 11.4 Å². The number of amides is 1. The molecule has 7 nitrogen and oxygen atoms in total. The molecule has 0 bridgehead atoms. The van der Waals surface area contributed by atoms with Gasteiger partial charge in [0.25, 0.3) is 5.91 Å². The van der Waals surface area contributed by atoms with Crippen molar-refractivity contribution in [2.45, 2.75) is 116 Å². The van der Waals surface area contributed by atoms with Crippen LogP contribution in [0.3, 0.4) is 0 Å². The van der Waals surface area contributed by atoms with Gasteiger partial charge in [0.05, 0.1) is 28.6 Å². The van der Waals surface area contributed by atoms with Crippen molar-refractivity contribution in [3.8, 4) is 11.4 Å². The number of carbonyl (C=O) groups is 2. The van der Waals surface area contributed by atoms with E-state index in [1.54, 1.807) is 0 Å². The Kier molecular flexibility index (Phi) is 6.70. The van der Waals surface area contributed by atoms with Gasteiger partial charge in [0.15, 0.2) is 0 Å². The third kappa shape index (κ3) is 5.32. The number of aromatic nitrogens is 3. The average Bonchev–Trinajstić information content (AvgIpc) is 3.50. The molecule has 5 rings (SSSR count). The highest BCUT2D eigenvalue weighted by molar-refractivity contribution is 5.97. The van der Waals surface area contributed by atoms with Crippen LogP contribution in [-0.2, 0) is 22.2 Å². The highest BCUT2D eigenvalue weighted by atomic mass is 16.4. The summed E-state index contributed by atoms with van der Waals surface area (Å²) in [6.45, 7) is 11.7. The second kappa shape index (κ2) is 9.55. The second-order valence-electron chi connectivity index (χ2n) is 13.1. The van der Waals surface area contributed by atoms with Gasteiger partial charge in [-0.1, -0.05) is 47.0 Å². The summed E-state index contributed by atoms with van der Waals surface area (Å²) in [5.41, 5.74) is 4.47. The van der Waals surface area contributed by atoms with Crippen LogP contribution >= 0.6 is 0 Å². The van der Waals surface area contributed by atoms with E-state index in [-0.39, 0.29) is 28.7 Å². The lowest BCUT2D eigenvalue weighted by Gasteiger charge is -2.32. The molecule has 0 aliphatic heterocycles. The summed E-state index contributed by atoms with van der Waals surface area (Å²) in [6.07, 6.45) is 9.49. The molecule has 7 heteroatoms. The van der Waals surface area contributed by atoms with E-state index in [9.17, 15) is 14.7 Å². The first-order valence-electron chi connectivity index (χ1n) is 14.1. The normalized spacial score (nSPS) is 23.4. The Hall–Kier alpha value is -2.70. The molecule has 0 atom stereocenters. The summed E-state index contributed by atoms with van der Waals surface area (Å²) < 4.78 is 2.32. The number of hydrogen-bond donors (Lipinski definition) is 2. The molecule has 0 radical (unpaired) electrons. The van der Waals surface area contributed by atoms with Crippen LogP contribution in [0.15, 0.2) is 12.1 Å². The van der Waals surface area contributed by atoms with Gasteiger partial charge in [-0.15, -0.1) is 0 Å². The Balaban J connectivity index is 1.52.